The van der Waals surface area contributed by atoms with Gasteiger partial charge in [0.15, 0.2) is 0 Å². The van der Waals surface area contributed by atoms with Crippen LogP contribution in [0.3, 0.4) is 0 Å². The zero-order chi connectivity index (χ0) is 12.3. The predicted octanol–water partition coefficient (Wildman–Crippen LogP) is 4.92. The molecular weight excluding hydrogens is 280 g/mol. The number of rotatable bonds is 3. The zero-order valence-corrected chi connectivity index (χ0v) is 10.9. The maximum Gasteiger partial charge on any atom is 0.219 e. The Morgan fingerprint density at radius 1 is 1.00 bits per heavy atom. The molecule has 0 bridgehead atoms. The number of ether oxygens (including phenoxy) is 1. The Bertz CT molecular complexity index is 514. The second-order valence-corrected chi connectivity index (χ2v) is 4.38. The fourth-order valence-electron chi connectivity index (χ4n) is 1.24. The van der Waals surface area contributed by atoms with Gasteiger partial charge in [0.2, 0.25) is 5.88 Å². The van der Waals surface area contributed by atoms with Crippen LogP contribution in [0.4, 0.5) is 0 Å². The van der Waals surface area contributed by atoms with Gasteiger partial charge in [0.25, 0.3) is 0 Å². The van der Waals surface area contributed by atoms with Gasteiger partial charge in [0.05, 0.1) is 16.6 Å². The van der Waals surface area contributed by atoms with Crippen molar-refractivity contribution in [2.75, 3.05) is 0 Å². The molecule has 0 amide bonds. The Kier molecular flexibility index (Phi) is 4.11. The van der Waals surface area contributed by atoms with Crippen LogP contribution in [0.15, 0.2) is 36.4 Å². The average molecular weight is 289 g/mol. The van der Waals surface area contributed by atoms with Crippen molar-refractivity contribution in [1.82, 2.24) is 4.98 Å². The molecule has 0 saturated heterocycles. The van der Waals surface area contributed by atoms with Crippen molar-refractivity contribution in [2.45, 2.75) is 5.88 Å². The second kappa shape index (κ2) is 5.58. The van der Waals surface area contributed by atoms with Crippen LogP contribution in [-0.4, -0.2) is 4.98 Å². The Hall–Kier alpha value is -0.960. The number of halogens is 3. The first-order valence-corrected chi connectivity index (χ1v) is 6.13. The first-order valence-electron chi connectivity index (χ1n) is 4.84. The highest BCUT2D eigenvalue weighted by Crippen LogP contribution is 2.24. The maximum absolute atomic E-state index is 5.90. The molecule has 1 aromatic carbocycles. The number of pyridine rings is 1. The van der Waals surface area contributed by atoms with Crippen molar-refractivity contribution in [3.05, 3.63) is 52.1 Å². The van der Waals surface area contributed by atoms with E-state index in [0.29, 0.717) is 27.4 Å². The highest BCUT2D eigenvalue weighted by Gasteiger charge is 2.04. The van der Waals surface area contributed by atoms with Crippen molar-refractivity contribution >= 4 is 34.8 Å². The molecule has 0 saturated carbocycles. The Balaban J connectivity index is 2.21. The van der Waals surface area contributed by atoms with E-state index in [1.54, 1.807) is 36.4 Å². The highest BCUT2D eigenvalue weighted by atomic mass is 35.5. The summed E-state index contributed by atoms with van der Waals surface area (Å²) in [6, 6.07) is 10.4. The molecule has 0 aliphatic carbocycles. The molecule has 1 aromatic heterocycles. The van der Waals surface area contributed by atoms with Gasteiger partial charge in [-0.05, 0) is 30.3 Å². The molecule has 5 heteroatoms. The lowest BCUT2D eigenvalue weighted by atomic mass is 10.3. The number of benzene rings is 1. The van der Waals surface area contributed by atoms with Gasteiger partial charge in [0.1, 0.15) is 5.75 Å². The summed E-state index contributed by atoms with van der Waals surface area (Å²) in [5.41, 5.74) is 0.597. The first kappa shape index (κ1) is 12.5. The van der Waals surface area contributed by atoms with Gasteiger partial charge in [-0.1, -0.05) is 23.2 Å². The number of aromatic nitrogens is 1. The highest BCUT2D eigenvalue weighted by molar-refractivity contribution is 6.32. The molecule has 88 valence electrons. The SMILES string of the molecule is ClCc1nc(Oc2ccc(Cl)cc2)ccc1Cl. The Morgan fingerprint density at radius 2 is 1.71 bits per heavy atom. The fraction of sp³-hybridized carbons (Fsp3) is 0.0833. The van der Waals surface area contributed by atoms with Crippen molar-refractivity contribution in [1.29, 1.82) is 0 Å². The summed E-state index contributed by atoms with van der Waals surface area (Å²) in [6.07, 6.45) is 0. The topological polar surface area (TPSA) is 22.1 Å². The monoisotopic (exact) mass is 287 g/mol. The van der Waals surface area contributed by atoms with Crippen molar-refractivity contribution in [3.8, 4) is 11.6 Å². The minimum absolute atomic E-state index is 0.247. The molecule has 0 aliphatic rings. The third kappa shape index (κ3) is 3.25. The molecule has 0 radical (unpaired) electrons. The van der Waals surface area contributed by atoms with Gasteiger partial charge >= 0.3 is 0 Å². The smallest absolute Gasteiger partial charge is 0.219 e. The number of nitrogens with zero attached hydrogens (tertiary/aromatic N) is 1. The van der Waals surface area contributed by atoms with E-state index in [-0.39, 0.29) is 5.88 Å². The number of alkyl halides is 1. The van der Waals surface area contributed by atoms with Crippen LogP contribution in [0.1, 0.15) is 5.69 Å². The largest absolute Gasteiger partial charge is 0.439 e. The molecule has 2 aromatic rings. The van der Waals surface area contributed by atoms with Crippen LogP contribution in [0.2, 0.25) is 10.0 Å². The Labute approximate surface area is 114 Å². The van der Waals surface area contributed by atoms with E-state index in [4.69, 9.17) is 39.5 Å². The van der Waals surface area contributed by atoms with E-state index in [1.165, 1.54) is 0 Å². The molecule has 0 atom stereocenters. The molecule has 2 rings (SSSR count). The van der Waals surface area contributed by atoms with Gasteiger partial charge in [-0.2, -0.15) is 0 Å². The van der Waals surface area contributed by atoms with Gasteiger partial charge < -0.3 is 4.74 Å². The van der Waals surface area contributed by atoms with E-state index in [0.717, 1.165) is 0 Å². The minimum atomic E-state index is 0.247. The van der Waals surface area contributed by atoms with Gasteiger partial charge in [-0.3, -0.25) is 0 Å². The lowest BCUT2D eigenvalue weighted by molar-refractivity contribution is 0.461. The molecule has 0 aliphatic heterocycles. The van der Waals surface area contributed by atoms with Crippen molar-refractivity contribution in [3.63, 3.8) is 0 Å². The van der Waals surface area contributed by atoms with Crippen molar-refractivity contribution < 1.29 is 4.74 Å². The lowest BCUT2D eigenvalue weighted by Gasteiger charge is -2.06. The number of hydrogen-bond donors (Lipinski definition) is 0. The van der Waals surface area contributed by atoms with E-state index < -0.39 is 0 Å². The van der Waals surface area contributed by atoms with Crippen molar-refractivity contribution in [2.24, 2.45) is 0 Å². The second-order valence-electron chi connectivity index (χ2n) is 3.27. The predicted molar refractivity (Wildman–Crippen MR) is 70.3 cm³/mol. The van der Waals surface area contributed by atoms with Crippen LogP contribution in [0.5, 0.6) is 11.6 Å². The summed E-state index contributed by atoms with van der Waals surface area (Å²) in [6.45, 7) is 0. The molecule has 0 spiro atoms. The zero-order valence-electron chi connectivity index (χ0n) is 8.66. The minimum Gasteiger partial charge on any atom is -0.439 e. The molecule has 0 fully saturated rings. The van der Waals surface area contributed by atoms with Crippen LogP contribution in [-0.2, 0) is 5.88 Å². The van der Waals surface area contributed by atoms with Crippen LogP contribution in [0.25, 0.3) is 0 Å². The van der Waals surface area contributed by atoms with Crippen LogP contribution in [0, 0.1) is 0 Å². The third-order valence-corrected chi connectivity index (χ3v) is 2.90. The fourth-order valence-corrected chi connectivity index (χ4v) is 1.81. The molecule has 0 N–H and O–H groups in total. The van der Waals surface area contributed by atoms with Gasteiger partial charge in [-0.15, -0.1) is 11.6 Å². The van der Waals surface area contributed by atoms with E-state index in [9.17, 15) is 0 Å². The molecule has 2 nitrogen and oxygen atoms in total. The first-order chi connectivity index (χ1) is 8.19. The van der Waals surface area contributed by atoms with Crippen LogP contribution < -0.4 is 4.74 Å². The molecule has 0 unspecified atom stereocenters. The van der Waals surface area contributed by atoms with E-state index in [2.05, 4.69) is 4.98 Å². The quantitative estimate of drug-likeness (QED) is 0.748. The Morgan fingerprint density at radius 3 is 2.35 bits per heavy atom. The summed E-state index contributed by atoms with van der Waals surface area (Å²) in [5.74, 6) is 1.36. The maximum atomic E-state index is 5.90. The summed E-state index contributed by atoms with van der Waals surface area (Å²) < 4.78 is 5.54. The summed E-state index contributed by atoms with van der Waals surface area (Å²) in [4.78, 5) is 4.19. The number of hydrogen-bond acceptors (Lipinski definition) is 2. The molecule has 1 heterocycles. The van der Waals surface area contributed by atoms with E-state index in [1.807, 2.05) is 0 Å². The third-order valence-electron chi connectivity index (χ3n) is 2.06. The van der Waals surface area contributed by atoms with Gasteiger partial charge in [0, 0.05) is 11.1 Å². The van der Waals surface area contributed by atoms with Crippen LogP contribution >= 0.6 is 34.8 Å². The molecular formula is C12H8Cl3NO. The van der Waals surface area contributed by atoms with E-state index >= 15 is 0 Å². The summed E-state index contributed by atoms with van der Waals surface area (Å²) in [5, 5.41) is 1.19. The standard InChI is InChI=1S/C12H8Cl3NO/c13-7-11-10(15)5-6-12(16-11)17-9-3-1-8(14)2-4-9/h1-6H,7H2. The van der Waals surface area contributed by atoms with Gasteiger partial charge in [-0.25, -0.2) is 4.98 Å². The average Bonchev–Trinajstić information content (AvgIpc) is 2.34. The summed E-state index contributed by atoms with van der Waals surface area (Å²) in [7, 11) is 0. The molecule has 17 heavy (non-hydrogen) atoms. The summed E-state index contributed by atoms with van der Waals surface area (Å²) >= 11 is 17.4. The normalized spacial score (nSPS) is 10.3. The lowest BCUT2D eigenvalue weighted by Crippen LogP contribution is -1.92.